The van der Waals surface area contributed by atoms with Crippen LogP contribution in [0.3, 0.4) is 0 Å². The van der Waals surface area contributed by atoms with Gasteiger partial charge in [-0.05, 0) is 19.0 Å². The number of hydrogen-bond acceptors (Lipinski definition) is 3. The van der Waals surface area contributed by atoms with Crippen molar-refractivity contribution in [3.8, 4) is 0 Å². The lowest BCUT2D eigenvalue weighted by Gasteiger charge is -2.14. The molecule has 0 radical (unpaired) electrons. The molecule has 0 aliphatic heterocycles. The van der Waals surface area contributed by atoms with Crippen LogP contribution in [0.5, 0.6) is 0 Å². The fourth-order valence-electron chi connectivity index (χ4n) is 1.14. The van der Waals surface area contributed by atoms with Crippen LogP contribution in [0.25, 0.3) is 0 Å². The van der Waals surface area contributed by atoms with Crippen molar-refractivity contribution in [1.82, 2.24) is 5.32 Å². The first-order valence-electron chi connectivity index (χ1n) is 4.19. The Hall–Kier alpha value is -1.29. The lowest BCUT2D eigenvalue weighted by molar-refractivity contribution is 0.167. The number of ether oxygens (including phenoxy) is 1. The summed E-state index contributed by atoms with van der Waals surface area (Å²) in [6.45, 7) is 0.266. The standard InChI is InChI=1S/C9H14N2O2/c1-11-8-4-2-7(3-5-8)6-13-9(10)12/h2-4,8,11H,5-6H2,1H3,(H2,10,12). The van der Waals surface area contributed by atoms with Crippen molar-refractivity contribution in [2.45, 2.75) is 12.5 Å². The molecule has 1 unspecified atom stereocenters. The Morgan fingerprint density at radius 3 is 3.08 bits per heavy atom. The normalized spacial score (nSPS) is 21.0. The van der Waals surface area contributed by atoms with Crippen LogP contribution in [-0.4, -0.2) is 25.8 Å². The molecule has 13 heavy (non-hydrogen) atoms. The molecule has 0 spiro atoms. The molecule has 0 aromatic rings. The predicted octanol–water partition coefficient (Wildman–Crippen LogP) is 0.556. The van der Waals surface area contributed by atoms with Crippen LogP contribution in [0.1, 0.15) is 6.42 Å². The van der Waals surface area contributed by atoms with Crippen molar-refractivity contribution in [3.63, 3.8) is 0 Å². The maximum absolute atomic E-state index is 10.3. The average Bonchev–Trinajstić information content (AvgIpc) is 2.15. The summed E-state index contributed by atoms with van der Waals surface area (Å²) in [5, 5.41) is 3.13. The van der Waals surface area contributed by atoms with Crippen LogP contribution in [-0.2, 0) is 4.74 Å². The lowest BCUT2D eigenvalue weighted by atomic mass is 10.0. The van der Waals surface area contributed by atoms with Crippen LogP contribution in [0, 0.1) is 0 Å². The van der Waals surface area contributed by atoms with E-state index in [0.717, 1.165) is 12.0 Å². The number of hydrogen-bond donors (Lipinski definition) is 2. The second-order valence-corrected chi connectivity index (χ2v) is 2.88. The number of carbonyl (C=O) groups is 1. The SMILES string of the molecule is CNC1C=CC(COC(N)=O)=CC1. The number of rotatable bonds is 3. The lowest BCUT2D eigenvalue weighted by Crippen LogP contribution is -2.24. The molecular formula is C9H14N2O2. The fraction of sp³-hybridized carbons (Fsp3) is 0.444. The topological polar surface area (TPSA) is 64.3 Å². The van der Waals surface area contributed by atoms with Crippen LogP contribution in [0.15, 0.2) is 23.8 Å². The zero-order valence-corrected chi connectivity index (χ0v) is 7.62. The van der Waals surface area contributed by atoms with E-state index in [1.165, 1.54) is 0 Å². The summed E-state index contributed by atoms with van der Waals surface area (Å²) < 4.78 is 4.65. The van der Waals surface area contributed by atoms with Gasteiger partial charge in [-0.1, -0.05) is 18.2 Å². The summed E-state index contributed by atoms with van der Waals surface area (Å²) in [7, 11) is 1.91. The maximum Gasteiger partial charge on any atom is 0.404 e. The highest BCUT2D eigenvalue weighted by atomic mass is 16.5. The molecule has 1 aliphatic rings. The summed E-state index contributed by atoms with van der Waals surface area (Å²) in [6.07, 6.45) is 6.20. The molecule has 1 aliphatic carbocycles. The van der Waals surface area contributed by atoms with Crippen LogP contribution < -0.4 is 11.1 Å². The van der Waals surface area contributed by atoms with Gasteiger partial charge in [0, 0.05) is 6.04 Å². The van der Waals surface area contributed by atoms with Gasteiger partial charge in [-0.2, -0.15) is 0 Å². The Kier molecular flexibility index (Phi) is 3.52. The van der Waals surface area contributed by atoms with Crippen molar-refractivity contribution in [2.24, 2.45) is 5.73 Å². The highest BCUT2D eigenvalue weighted by Gasteiger charge is 2.06. The molecule has 0 heterocycles. The number of carbonyl (C=O) groups excluding carboxylic acids is 1. The summed E-state index contributed by atoms with van der Waals surface area (Å²) >= 11 is 0. The molecule has 0 bridgehead atoms. The van der Waals surface area contributed by atoms with Gasteiger partial charge in [0.2, 0.25) is 0 Å². The van der Waals surface area contributed by atoms with Gasteiger partial charge in [0.1, 0.15) is 6.61 Å². The van der Waals surface area contributed by atoms with Gasteiger partial charge in [-0.15, -0.1) is 0 Å². The summed E-state index contributed by atoms with van der Waals surface area (Å²) in [5.74, 6) is 0. The Morgan fingerprint density at radius 2 is 2.62 bits per heavy atom. The summed E-state index contributed by atoms with van der Waals surface area (Å²) in [5.41, 5.74) is 5.83. The van der Waals surface area contributed by atoms with E-state index in [-0.39, 0.29) is 6.61 Å². The number of likely N-dealkylation sites (N-methyl/N-ethyl adjacent to an activating group) is 1. The molecule has 0 aromatic carbocycles. The molecule has 1 amide bonds. The zero-order valence-electron chi connectivity index (χ0n) is 7.62. The van der Waals surface area contributed by atoms with Gasteiger partial charge in [0.25, 0.3) is 0 Å². The Morgan fingerprint density at radius 1 is 1.85 bits per heavy atom. The third-order valence-electron chi connectivity index (χ3n) is 1.93. The van der Waals surface area contributed by atoms with E-state index in [2.05, 4.69) is 10.1 Å². The highest BCUT2D eigenvalue weighted by Crippen LogP contribution is 2.10. The summed E-state index contributed by atoms with van der Waals surface area (Å²) in [6, 6.07) is 0.386. The van der Waals surface area contributed by atoms with Crippen molar-refractivity contribution in [1.29, 1.82) is 0 Å². The van der Waals surface area contributed by atoms with Gasteiger partial charge in [0.05, 0.1) is 0 Å². The molecule has 4 heteroatoms. The number of nitrogens with one attached hydrogen (secondary N) is 1. The summed E-state index contributed by atoms with van der Waals surface area (Å²) in [4.78, 5) is 10.3. The fourth-order valence-corrected chi connectivity index (χ4v) is 1.14. The molecule has 0 fully saturated rings. The molecule has 0 saturated heterocycles. The maximum atomic E-state index is 10.3. The number of primary amides is 1. The second-order valence-electron chi connectivity index (χ2n) is 2.88. The monoisotopic (exact) mass is 182 g/mol. The van der Waals surface area contributed by atoms with E-state index in [0.29, 0.717) is 6.04 Å². The van der Waals surface area contributed by atoms with Crippen molar-refractivity contribution in [2.75, 3.05) is 13.7 Å². The largest absolute Gasteiger partial charge is 0.445 e. The van der Waals surface area contributed by atoms with Gasteiger partial charge in [-0.3, -0.25) is 0 Å². The van der Waals surface area contributed by atoms with Crippen molar-refractivity contribution in [3.05, 3.63) is 23.8 Å². The number of amides is 1. The minimum absolute atomic E-state index is 0.266. The molecule has 0 saturated carbocycles. The van der Waals surface area contributed by atoms with E-state index in [4.69, 9.17) is 5.73 Å². The van der Waals surface area contributed by atoms with Gasteiger partial charge in [-0.25, -0.2) is 4.79 Å². The van der Waals surface area contributed by atoms with Crippen molar-refractivity contribution < 1.29 is 9.53 Å². The third-order valence-corrected chi connectivity index (χ3v) is 1.93. The van der Waals surface area contributed by atoms with Crippen LogP contribution in [0.2, 0.25) is 0 Å². The van der Waals surface area contributed by atoms with Gasteiger partial charge >= 0.3 is 6.09 Å². The van der Waals surface area contributed by atoms with Crippen LogP contribution in [0.4, 0.5) is 4.79 Å². The van der Waals surface area contributed by atoms with E-state index >= 15 is 0 Å². The van der Waals surface area contributed by atoms with Gasteiger partial charge < -0.3 is 15.8 Å². The van der Waals surface area contributed by atoms with Crippen LogP contribution >= 0.6 is 0 Å². The predicted molar refractivity (Wildman–Crippen MR) is 50.2 cm³/mol. The molecule has 72 valence electrons. The first-order valence-corrected chi connectivity index (χ1v) is 4.19. The molecule has 1 rings (SSSR count). The van der Waals surface area contributed by atoms with E-state index in [1.807, 2.05) is 25.3 Å². The molecule has 0 aromatic heterocycles. The first-order chi connectivity index (χ1) is 6.22. The van der Waals surface area contributed by atoms with Gasteiger partial charge in [0.15, 0.2) is 0 Å². The highest BCUT2D eigenvalue weighted by molar-refractivity contribution is 5.64. The van der Waals surface area contributed by atoms with E-state index < -0.39 is 6.09 Å². The minimum Gasteiger partial charge on any atom is -0.445 e. The molecule has 1 atom stereocenters. The second kappa shape index (κ2) is 4.67. The quantitative estimate of drug-likeness (QED) is 0.670. The molecule has 3 N–H and O–H groups in total. The Bertz CT molecular complexity index is 246. The average molecular weight is 182 g/mol. The zero-order chi connectivity index (χ0) is 9.68. The minimum atomic E-state index is -0.731. The molecular weight excluding hydrogens is 168 g/mol. The number of nitrogens with two attached hydrogens (primary N) is 1. The van der Waals surface area contributed by atoms with Crippen molar-refractivity contribution >= 4 is 6.09 Å². The first kappa shape index (κ1) is 9.80. The Balaban J connectivity index is 2.34. The van der Waals surface area contributed by atoms with E-state index in [1.54, 1.807) is 0 Å². The van der Waals surface area contributed by atoms with E-state index in [9.17, 15) is 4.79 Å². The Labute approximate surface area is 77.4 Å². The molecule has 4 nitrogen and oxygen atoms in total. The third kappa shape index (κ3) is 3.29. The smallest absolute Gasteiger partial charge is 0.404 e.